The lowest BCUT2D eigenvalue weighted by Gasteiger charge is -2.09. The third-order valence-corrected chi connectivity index (χ3v) is 4.01. The molecule has 2 aromatic rings. The van der Waals surface area contributed by atoms with Gasteiger partial charge in [0.1, 0.15) is 16.5 Å². The van der Waals surface area contributed by atoms with E-state index in [2.05, 4.69) is 10.4 Å². The highest BCUT2D eigenvalue weighted by atomic mass is 35.5. The van der Waals surface area contributed by atoms with E-state index in [0.717, 1.165) is 24.4 Å². The van der Waals surface area contributed by atoms with E-state index < -0.39 is 21.7 Å². The summed E-state index contributed by atoms with van der Waals surface area (Å²) in [6.45, 7) is 0. The highest BCUT2D eigenvalue weighted by Gasteiger charge is 2.17. The maximum absolute atomic E-state index is 13.0. The normalized spacial score (nSPS) is 11.2. The summed E-state index contributed by atoms with van der Waals surface area (Å²) in [7, 11) is -4.09. The van der Waals surface area contributed by atoms with Crippen LogP contribution in [-0.2, 0) is 10.0 Å². The molecule has 2 rings (SSSR count). The minimum Gasteiger partial charge on any atom is -0.307 e. The van der Waals surface area contributed by atoms with Crippen molar-refractivity contribution in [3.05, 3.63) is 47.1 Å². The molecule has 0 saturated carbocycles. The Morgan fingerprint density at radius 1 is 1.14 bits per heavy atom. The monoisotopic (exact) mass is 334 g/mol. The van der Waals surface area contributed by atoms with Gasteiger partial charge in [-0.25, -0.2) is 28.0 Å². The van der Waals surface area contributed by atoms with Gasteiger partial charge < -0.3 is 5.43 Å². The smallest absolute Gasteiger partial charge is 0.263 e. The molecule has 0 unspecified atom stereocenters. The van der Waals surface area contributed by atoms with Crippen LogP contribution in [0.2, 0.25) is 5.02 Å². The van der Waals surface area contributed by atoms with E-state index in [0.29, 0.717) is 6.07 Å². The molecule has 1 aromatic heterocycles. The Bertz CT molecular complexity index is 766. The van der Waals surface area contributed by atoms with E-state index in [-0.39, 0.29) is 21.4 Å². The summed E-state index contributed by atoms with van der Waals surface area (Å²) >= 11 is 5.77. The van der Waals surface area contributed by atoms with Crippen LogP contribution in [0.3, 0.4) is 0 Å². The van der Waals surface area contributed by atoms with Crippen LogP contribution >= 0.6 is 11.6 Å². The lowest BCUT2D eigenvalue weighted by atomic mass is 10.3. The van der Waals surface area contributed by atoms with E-state index >= 15 is 0 Å². The predicted octanol–water partition coefficient (Wildman–Crippen LogP) is 2.10. The molecule has 1 aromatic carbocycles. The average molecular weight is 335 g/mol. The van der Waals surface area contributed by atoms with Crippen LogP contribution in [0, 0.1) is 11.6 Å². The summed E-state index contributed by atoms with van der Waals surface area (Å²) in [5.74, 6) is 3.39. The molecule has 6 nitrogen and oxygen atoms in total. The zero-order valence-electron chi connectivity index (χ0n) is 10.3. The van der Waals surface area contributed by atoms with E-state index in [1.807, 2.05) is 4.72 Å². The topological polar surface area (TPSA) is 97.1 Å². The number of hydrogen-bond donors (Lipinski definition) is 3. The van der Waals surface area contributed by atoms with Gasteiger partial charge >= 0.3 is 0 Å². The van der Waals surface area contributed by atoms with Crippen molar-refractivity contribution in [1.29, 1.82) is 0 Å². The Hall–Kier alpha value is -1.97. The number of nitrogens with zero attached hydrogens (tertiary/aromatic N) is 1. The Morgan fingerprint density at radius 2 is 1.76 bits per heavy atom. The van der Waals surface area contributed by atoms with E-state index in [1.165, 1.54) is 0 Å². The number of nitrogens with two attached hydrogens (primary N) is 1. The summed E-state index contributed by atoms with van der Waals surface area (Å²) in [6.07, 6.45) is 0.999. The number of rotatable bonds is 4. The molecular formula is C11H9ClF2N4O2S. The summed E-state index contributed by atoms with van der Waals surface area (Å²) in [5, 5.41) is -0.0224. The highest BCUT2D eigenvalue weighted by molar-refractivity contribution is 7.92. The summed E-state index contributed by atoms with van der Waals surface area (Å²) in [5.41, 5.74) is 1.92. The first-order valence-electron chi connectivity index (χ1n) is 5.43. The Labute approximate surface area is 124 Å². The Kier molecular flexibility index (Phi) is 4.26. The van der Waals surface area contributed by atoms with Crippen molar-refractivity contribution in [1.82, 2.24) is 4.98 Å². The molecule has 0 spiro atoms. The molecule has 0 aliphatic rings. The number of hydrazine groups is 1. The molecule has 0 aliphatic carbocycles. The molecule has 0 bridgehead atoms. The van der Waals surface area contributed by atoms with Crippen LogP contribution < -0.4 is 16.0 Å². The second kappa shape index (κ2) is 5.80. The lowest BCUT2D eigenvalue weighted by Crippen LogP contribution is -2.15. The molecule has 21 heavy (non-hydrogen) atoms. The molecule has 0 aliphatic heterocycles. The molecule has 112 valence electrons. The van der Waals surface area contributed by atoms with Gasteiger partial charge in [-0.05, 0) is 18.2 Å². The van der Waals surface area contributed by atoms with E-state index in [9.17, 15) is 17.2 Å². The van der Waals surface area contributed by atoms with Crippen LogP contribution in [0.4, 0.5) is 20.3 Å². The highest BCUT2D eigenvalue weighted by Crippen LogP contribution is 2.23. The van der Waals surface area contributed by atoms with Crippen LogP contribution in [0.5, 0.6) is 0 Å². The first-order chi connectivity index (χ1) is 9.81. The van der Waals surface area contributed by atoms with Crippen LogP contribution in [0.1, 0.15) is 0 Å². The van der Waals surface area contributed by atoms with Gasteiger partial charge in [0.15, 0.2) is 5.82 Å². The molecule has 0 fully saturated rings. The summed E-state index contributed by atoms with van der Waals surface area (Å²) in [6, 6.07) is 3.40. The van der Waals surface area contributed by atoms with Gasteiger partial charge in [-0.3, -0.25) is 4.72 Å². The maximum atomic E-state index is 13.0. The number of hydrogen-bond acceptors (Lipinski definition) is 5. The molecular weight excluding hydrogens is 326 g/mol. The van der Waals surface area contributed by atoms with Crippen molar-refractivity contribution < 1.29 is 17.2 Å². The molecule has 4 N–H and O–H groups in total. The van der Waals surface area contributed by atoms with Gasteiger partial charge in [0.25, 0.3) is 10.0 Å². The minimum atomic E-state index is -4.09. The van der Waals surface area contributed by atoms with Crippen molar-refractivity contribution in [2.45, 2.75) is 4.90 Å². The van der Waals surface area contributed by atoms with Crippen LogP contribution in [0.25, 0.3) is 0 Å². The van der Waals surface area contributed by atoms with Crippen molar-refractivity contribution in [3.63, 3.8) is 0 Å². The average Bonchev–Trinajstić information content (AvgIpc) is 2.36. The summed E-state index contributed by atoms with van der Waals surface area (Å²) < 4.78 is 52.2. The third-order valence-electron chi connectivity index (χ3n) is 2.38. The number of nitrogen functional groups attached to an aromatic ring is 1. The number of anilines is 2. The van der Waals surface area contributed by atoms with Crippen LogP contribution in [0.15, 0.2) is 35.4 Å². The zero-order valence-corrected chi connectivity index (χ0v) is 11.8. The van der Waals surface area contributed by atoms with Gasteiger partial charge in [0, 0.05) is 12.3 Å². The molecule has 0 saturated heterocycles. The molecule has 10 heteroatoms. The first-order valence-corrected chi connectivity index (χ1v) is 7.29. The number of benzene rings is 1. The summed E-state index contributed by atoms with van der Waals surface area (Å²) in [4.78, 5) is 3.42. The number of aromatic nitrogens is 1. The maximum Gasteiger partial charge on any atom is 0.263 e. The van der Waals surface area contributed by atoms with Gasteiger partial charge in [-0.15, -0.1) is 0 Å². The zero-order chi connectivity index (χ0) is 15.6. The lowest BCUT2D eigenvalue weighted by molar-refractivity contribution is 0.584. The molecule has 0 atom stereocenters. The Morgan fingerprint density at radius 3 is 2.29 bits per heavy atom. The predicted molar refractivity (Wildman–Crippen MR) is 74.2 cm³/mol. The fraction of sp³-hybridized carbons (Fsp3) is 0. The van der Waals surface area contributed by atoms with Gasteiger partial charge in [0.2, 0.25) is 0 Å². The van der Waals surface area contributed by atoms with Gasteiger partial charge in [-0.1, -0.05) is 11.6 Å². The van der Waals surface area contributed by atoms with Gasteiger partial charge in [-0.2, -0.15) is 0 Å². The fourth-order valence-electron chi connectivity index (χ4n) is 1.50. The Balaban J connectivity index is 2.36. The SMILES string of the molecule is NNc1ncc(S(=O)(=O)Nc2cc(F)cc(F)c2)cc1Cl. The van der Waals surface area contributed by atoms with Crippen molar-refractivity contribution >= 4 is 33.1 Å². The molecule has 0 amide bonds. The standard InChI is InChI=1S/C11H9ClF2N4O2S/c12-10-4-9(5-16-11(10)17-15)21(19,20)18-8-2-6(13)1-7(14)3-8/h1-5,18H,15H2,(H,16,17). The van der Waals surface area contributed by atoms with Crippen LogP contribution in [-0.4, -0.2) is 13.4 Å². The second-order valence-corrected chi connectivity index (χ2v) is 6.00. The number of sulfonamides is 1. The fourth-order valence-corrected chi connectivity index (χ4v) is 2.80. The van der Waals surface area contributed by atoms with Crippen molar-refractivity contribution in [3.8, 4) is 0 Å². The quantitative estimate of drug-likeness (QED) is 0.587. The van der Waals surface area contributed by atoms with E-state index in [1.54, 1.807) is 0 Å². The molecule has 0 radical (unpaired) electrons. The number of pyridine rings is 1. The van der Waals surface area contributed by atoms with E-state index in [4.69, 9.17) is 17.4 Å². The number of halogens is 3. The molecule has 1 heterocycles. The van der Waals surface area contributed by atoms with Gasteiger partial charge in [0.05, 0.1) is 10.7 Å². The second-order valence-electron chi connectivity index (χ2n) is 3.91. The largest absolute Gasteiger partial charge is 0.307 e. The minimum absolute atomic E-state index is 0.0224. The number of nitrogens with one attached hydrogen (secondary N) is 2. The van der Waals surface area contributed by atoms with Crippen molar-refractivity contribution in [2.24, 2.45) is 5.84 Å². The van der Waals surface area contributed by atoms with Crippen molar-refractivity contribution in [2.75, 3.05) is 10.1 Å². The third kappa shape index (κ3) is 3.57. The first kappa shape index (κ1) is 15.4.